The number of aryl methyl sites for hydroxylation is 1. The summed E-state index contributed by atoms with van der Waals surface area (Å²) in [6.45, 7) is 1.91. The second-order valence-corrected chi connectivity index (χ2v) is 8.38. The summed E-state index contributed by atoms with van der Waals surface area (Å²) >= 11 is 0. The number of methoxy groups -OCH3 is 3. The minimum atomic E-state index is -0.253. The number of hydrogen-bond donors (Lipinski definition) is 1. The van der Waals surface area contributed by atoms with Crippen molar-refractivity contribution in [1.82, 2.24) is 5.16 Å². The molecule has 3 aromatic rings. The van der Waals surface area contributed by atoms with E-state index < -0.39 is 0 Å². The quantitative estimate of drug-likeness (QED) is 0.593. The summed E-state index contributed by atoms with van der Waals surface area (Å²) < 4.78 is 21.9. The zero-order chi connectivity index (χ0) is 23.1. The Hall–Kier alpha value is -3.74. The molecule has 1 aromatic heterocycles. The van der Waals surface area contributed by atoms with E-state index in [1.165, 1.54) is 0 Å². The first-order chi connectivity index (χ1) is 16.0. The van der Waals surface area contributed by atoms with Gasteiger partial charge in [0.15, 0.2) is 17.3 Å². The lowest BCUT2D eigenvalue weighted by Crippen LogP contribution is -2.29. The first-order valence-corrected chi connectivity index (χ1v) is 10.9. The van der Waals surface area contributed by atoms with Crippen molar-refractivity contribution in [3.63, 3.8) is 0 Å². The zero-order valence-electron chi connectivity index (χ0n) is 19.1. The number of nitrogens with zero attached hydrogens (tertiary/aromatic N) is 1. The van der Waals surface area contributed by atoms with Gasteiger partial charge in [-0.1, -0.05) is 23.4 Å². The summed E-state index contributed by atoms with van der Waals surface area (Å²) in [4.78, 5) is 13.6. The van der Waals surface area contributed by atoms with E-state index >= 15 is 0 Å². The molecule has 0 radical (unpaired) electrons. The highest BCUT2D eigenvalue weighted by Gasteiger charge is 2.41. The van der Waals surface area contributed by atoms with Gasteiger partial charge in [-0.05, 0) is 54.7 Å². The van der Waals surface area contributed by atoms with Gasteiger partial charge in [-0.3, -0.25) is 4.79 Å². The number of benzene rings is 2. The number of carbonyl (C=O) groups excluding carboxylic acids is 1. The molecule has 2 aromatic carbocycles. The van der Waals surface area contributed by atoms with E-state index in [-0.39, 0.29) is 17.6 Å². The van der Waals surface area contributed by atoms with E-state index in [1.807, 2.05) is 49.4 Å². The van der Waals surface area contributed by atoms with Gasteiger partial charge in [-0.25, -0.2) is 0 Å². The van der Waals surface area contributed by atoms with Crippen molar-refractivity contribution in [1.29, 1.82) is 0 Å². The number of rotatable bonds is 5. The Balaban J connectivity index is 1.58. The number of ketones is 1. The minimum Gasteiger partial charge on any atom is -0.497 e. The molecule has 0 saturated heterocycles. The van der Waals surface area contributed by atoms with Crippen LogP contribution in [0.4, 0.5) is 5.88 Å². The van der Waals surface area contributed by atoms with Crippen LogP contribution in [0.25, 0.3) is 0 Å². The summed E-state index contributed by atoms with van der Waals surface area (Å²) in [6, 6.07) is 13.7. The largest absolute Gasteiger partial charge is 0.497 e. The van der Waals surface area contributed by atoms with Gasteiger partial charge in [0, 0.05) is 23.6 Å². The highest BCUT2D eigenvalue weighted by Crippen LogP contribution is 2.49. The average Bonchev–Trinajstić information content (AvgIpc) is 3.22. The number of anilines is 1. The van der Waals surface area contributed by atoms with E-state index in [9.17, 15) is 4.79 Å². The molecule has 7 nitrogen and oxygen atoms in total. The van der Waals surface area contributed by atoms with E-state index in [2.05, 4.69) is 10.5 Å². The number of carbonyl (C=O) groups is 1. The highest BCUT2D eigenvalue weighted by molar-refractivity contribution is 6.01. The van der Waals surface area contributed by atoms with Crippen molar-refractivity contribution in [3.8, 4) is 17.2 Å². The van der Waals surface area contributed by atoms with E-state index in [4.69, 9.17) is 18.7 Å². The fraction of sp³-hybridized carbons (Fsp3) is 0.308. The standard InChI is InChI=1S/C26H26N2O5/c1-14-23-24(16-6-5-7-18(10-16)30-2)25-19(27-26(23)33-28-14)11-17(12-20(25)29)15-8-9-21(31-3)22(13-15)32-4/h5-10,13,17,24,27H,11-12H2,1-4H3/t17-,24-/m0/s1. The summed E-state index contributed by atoms with van der Waals surface area (Å²) in [7, 11) is 4.87. The molecule has 0 fully saturated rings. The van der Waals surface area contributed by atoms with Gasteiger partial charge in [0.05, 0.1) is 32.6 Å². The fourth-order valence-electron chi connectivity index (χ4n) is 4.97. The number of ether oxygens (including phenoxy) is 3. The molecule has 1 aliphatic carbocycles. The first-order valence-electron chi connectivity index (χ1n) is 10.9. The van der Waals surface area contributed by atoms with Crippen LogP contribution in [0.1, 0.15) is 47.1 Å². The van der Waals surface area contributed by atoms with Gasteiger partial charge in [0.2, 0.25) is 5.88 Å². The Morgan fingerprint density at radius 2 is 1.79 bits per heavy atom. The first kappa shape index (κ1) is 21.1. The monoisotopic (exact) mass is 446 g/mol. The zero-order valence-corrected chi connectivity index (χ0v) is 19.1. The third-order valence-corrected chi connectivity index (χ3v) is 6.56. The molecule has 1 aliphatic heterocycles. The number of aromatic nitrogens is 1. The Bertz CT molecular complexity index is 1260. The van der Waals surface area contributed by atoms with Crippen molar-refractivity contribution in [2.24, 2.45) is 0 Å². The SMILES string of the molecule is COc1cccc([C@@H]2C3=C(C[C@H](c4ccc(OC)c(OC)c4)CC3=O)Nc3onc(C)c32)c1. The summed E-state index contributed by atoms with van der Waals surface area (Å²) in [5, 5.41) is 7.55. The second kappa shape index (κ2) is 8.31. The molecule has 1 N–H and O–H groups in total. The van der Waals surface area contributed by atoms with Gasteiger partial charge in [-0.2, -0.15) is 0 Å². The number of fused-ring (bicyclic) bond motifs is 1. The summed E-state index contributed by atoms with van der Waals surface area (Å²) in [6.07, 6.45) is 1.09. The Morgan fingerprint density at radius 3 is 2.55 bits per heavy atom. The Labute approximate surface area is 192 Å². The smallest absolute Gasteiger partial charge is 0.233 e. The topological polar surface area (TPSA) is 82.8 Å². The third kappa shape index (κ3) is 3.53. The van der Waals surface area contributed by atoms with Crippen molar-refractivity contribution in [3.05, 3.63) is 76.1 Å². The second-order valence-electron chi connectivity index (χ2n) is 8.38. The van der Waals surface area contributed by atoms with Crippen molar-refractivity contribution in [2.45, 2.75) is 31.6 Å². The minimum absolute atomic E-state index is 0.0140. The third-order valence-electron chi connectivity index (χ3n) is 6.56. The van der Waals surface area contributed by atoms with Crippen LogP contribution in [0.3, 0.4) is 0 Å². The van der Waals surface area contributed by atoms with Crippen LogP contribution in [0.2, 0.25) is 0 Å². The lowest BCUT2D eigenvalue weighted by atomic mass is 9.72. The molecule has 2 atom stereocenters. The molecular formula is C26H26N2O5. The molecule has 0 amide bonds. The van der Waals surface area contributed by atoms with Gasteiger partial charge in [0.25, 0.3) is 0 Å². The normalized spacial score (nSPS) is 19.5. The molecule has 0 spiro atoms. The van der Waals surface area contributed by atoms with Gasteiger partial charge in [-0.15, -0.1) is 0 Å². The number of allylic oxidation sites excluding steroid dienone is 2. The molecule has 170 valence electrons. The number of nitrogens with one attached hydrogen (secondary N) is 1. The van der Waals surface area contributed by atoms with Crippen LogP contribution >= 0.6 is 0 Å². The van der Waals surface area contributed by atoms with Gasteiger partial charge >= 0.3 is 0 Å². The van der Waals surface area contributed by atoms with Crippen LogP contribution in [-0.4, -0.2) is 32.3 Å². The van der Waals surface area contributed by atoms with Crippen LogP contribution in [0.5, 0.6) is 17.2 Å². The lowest BCUT2D eigenvalue weighted by Gasteiger charge is -2.34. The van der Waals surface area contributed by atoms with Crippen molar-refractivity contribution in [2.75, 3.05) is 26.6 Å². The van der Waals surface area contributed by atoms with Crippen LogP contribution < -0.4 is 19.5 Å². The molecule has 33 heavy (non-hydrogen) atoms. The predicted octanol–water partition coefficient (Wildman–Crippen LogP) is 4.97. The maximum absolute atomic E-state index is 13.6. The molecule has 0 unspecified atom stereocenters. The van der Waals surface area contributed by atoms with Crippen molar-refractivity contribution >= 4 is 11.7 Å². The highest BCUT2D eigenvalue weighted by atomic mass is 16.5. The van der Waals surface area contributed by atoms with Gasteiger partial charge in [0.1, 0.15) is 5.75 Å². The molecule has 2 aliphatic rings. The van der Waals surface area contributed by atoms with E-state index in [0.717, 1.165) is 39.4 Å². The fourth-order valence-corrected chi connectivity index (χ4v) is 4.97. The molecule has 2 heterocycles. The Kier molecular flexibility index (Phi) is 5.32. The van der Waals surface area contributed by atoms with Crippen LogP contribution in [0.15, 0.2) is 58.3 Å². The summed E-state index contributed by atoms with van der Waals surface area (Å²) in [5.41, 5.74) is 5.34. The maximum Gasteiger partial charge on any atom is 0.233 e. The van der Waals surface area contributed by atoms with Gasteiger partial charge < -0.3 is 24.1 Å². The van der Waals surface area contributed by atoms with Crippen molar-refractivity contribution < 1.29 is 23.5 Å². The average molecular weight is 447 g/mol. The Morgan fingerprint density at radius 1 is 0.970 bits per heavy atom. The molecular weight excluding hydrogens is 420 g/mol. The lowest BCUT2D eigenvalue weighted by molar-refractivity contribution is -0.116. The predicted molar refractivity (Wildman–Crippen MR) is 123 cm³/mol. The maximum atomic E-state index is 13.6. The molecule has 7 heteroatoms. The number of Topliss-reactive ketones (excluding diaryl/α,β-unsaturated/α-hetero) is 1. The van der Waals surface area contributed by atoms with Crippen LogP contribution in [-0.2, 0) is 4.79 Å². The molecule has 0 saturated carbocycles. The van der Waals surface area contributed by atoms with E-state index in [1.54, 1.807) is 21.3 Å². The van der Waals surface area contributed by atoms with E-state index in [0.29, 0.717) is 30.2 Å². The summed E-state index contributed by atoms with van der Waals surface area (Å²) in [5.74, 6) is 2.54. The number of hydrogen-bond acceptors (Lipinski definition) is 7. The van der Waals surface area contributed by atoms with Crippen LogP contribution in [0, 0.1) is 6.92 Å². The molecule has 0 bridgehead atoms. The molecule has 5 rings (SSSR count).